The number of hydrogen-bond donors (Lipinski definition) is 1. The number of nitrogens with two attached hydrogens (primary N) is 1. The molecular formula is C15H10ClN3O3. The molecule has 2 N–H and O–H groups in total. The van der Waals surface area contributed by atoms with E-state index in [2.05, 4.69) is 4.98 Å². The number of nitrogens with zero attached hydrogens (tertiary/aromatic N) is 2. The number of carbonyl (C=O) groups is 2. The molecule has 1 aromatic heterocycles. The summed E-state index contributed by atoms with van der Waals surface area (Å²) in [5.74, 6) is -0.977. The van der Waals surface area contributed by atoms with Crippen LogP contribution in [0.5, 0.6) is 5.75 Å². The topological polar surface area (TPSA) is 106 Å². The highest BCUT2D eigenvalue weighted by Gasteiger charge is 2.17. The molecule has 110 valence electrons. The summed E-state index contributed by atoms with van der Waals surface area (Å²) in [6.45, 7) is -0.367. The van der Waals surface area contributed by atoms with Crippen LogP contribution in [0.25, 0.3) is 0 Å². The van der Waals surface area contributed by atoms with Gasteiger partial charge in [0.1, 0.15) is 23.2 Å². The second kappa shape index (κ2) is 6.70. The summed E-state index contributed by atoms with van der Waals surface area (Å²) in [4.78, 5) is 27.3. The van der Waals surface area contributed by atoms with E-state index in [9.17, 15) is 9.59 Å². The van der Waals surface area contributed by atoms with Gasteiger partial charge in [-0.15, -0.1) is 0 Å². The molecule has 1 aromatic carbocycles. The van der Waals surface area contributed by atoms with Gasteiger partial charge in [-0.2, -0.15) is 5.26 Å². The van der Waals surface area contributed by atoms with E-state index < -0.39 is 11.7 Å². The van der Waals surface area contributed by atoms with Crippen LogP contribution < -0.4 is 10.5 Å². The first-order valence-corrected chi connectivity index (χ1v) is 6.51. The van der Waals surface area contributed by atoms with Gasteiger partial charge in [0.05, 0.1) is 5.56 Å². The number of primary amides is 1. The largest absolute Gasteiger partial charge is 0.483 e. The van der Waals surface area contributed by atoms with Crippen molar-refractivity contribution in [3.8, 4) is 11.8 Å². The number of benzene rings is 1. The average Bonchev–Trinajstić information content (AvgIpc) is 2.52. The van der Waals surface area contributed by atoms with Crippen molar-refractivity contribution in [3.63, 3.8) is 0 Å². The van der Waals surface area contributed by atoms with E-state index in [0.29, 0.717) is 5.02 Å². The third-order valence-corrected chi connectivity index (χ3v) is 2.89. The van der Waals surface area contributed by atoms with Gasteiger partial charge in [-0.3, -0.25) is 9.59 Å². The van der Waals surface area contributed by atoms with E-state index in [0.717, 1.165) is 0 Å². The Bertz CT molecular complexity index is 784. The van der Waals surface area contributed by atoms with Crippen molar-refractivity contribution in [1.82, 2.24) is 4.98 Å². The fourth-order valence-electron chi connectivity index (χ4n) is 1.72. The monoisotopic (exact) mass is 315 g/mol. The Balaban J connectivity index is 2.41. The molecule has 0 spiro atoms. The Labute approximate surface area is 131 Å². The first-order chi connectivity index (χ1) is 10.5. The summed E-state index contributed by atoms with van der Waals surface area (Å²) >= 11 is 5.90. The summed E-state index contributed by atoms with van der Waals surface area (Å²) in [7, 11) is 0. The van der Waals surface area contributed by atoms with Crippen molar-refractivity contribution in [1.29, 1.82) is 5.26 Å². The van der Waals surface area contributed by atoms with Gasteiger partial charge in [0, 0.05) is 5.02 Å². The number of aromatic nitrogens is 1. The summed E-state index contributed by atoms with van der Waals surface area (Å²) < 4.78 is 5.21. The van der Waals surface area contributed by atoms with Gasteiger partial charge in [-0.1, -0.05) is 17.7 Å². The van der Waals surface area contributed by atoms with E-state index in [-0.39, 0.29) is 29.3 Å². The number of carbonyl (C=O) groups excluding carboxylic acids is 2. The normalized spacial score (nSPS) is 9.82. The van der Waals surface area contributed by atoms with Gasteiger partial charge in [-0.25, -0.2) is 4.98 Å². The molecule has 0 atom stereocenters. The molecule has 7 heteroatoms. The van der Waals surface area contributed by atoms with E-state index in [1.54, 1.807) is 6.07 Å². The molecule has 0 saturated carbocycles. The van der Waals surface area contributed by atoms with Crippen molar-refractivity contribution in [2.24, 2.45) is 5.73 Å². The molecule has 0 radical (unpaired) electrons. The Morgan fingerprint density at radius 2 is 2.09 bits per heavy atom. The van der Waals surface area contributed by atoms with Crippen LogP contribution in [0, 0.1) is 11.3 Å². The third kappa shape index (κ3) is 3.59. The average molecular weight is 316 g/mol. The number of amides is 1. The van der Waals surface area contributed by atoms with Crippen LogP contribution in [0.15, 0.2) is 36.4 Å². The van der Waals surface area contributed by atoms with Crippen molar-refractivity contribution in [3.05, 3.63) is 58.4 Å². The Morgan fingerprint density at radius 3 is 2.77 bits per heavy atom. The molecule has 1 heterocycles. The quantitative estimate of drug-likeness (QED) is 0.845. The van der Waals surface area contributed by atoms with Crippen molar-refractivity contribution in [2.45, 2.75) is 0 Å². The Morgan fingerprint density at radius 1 is 1.32 bits per heavy atom. The van der Waals surface area contributed by atoms with E-state index >= 15 is 0 Å². The highest BCUT2D eigenvalue weighted by atomic mass is 35.5. The lowest BCUT2D eigenvalue weighted by Crippen LogP contribution is -2.21. The maximum atomic E-state index is 12.5. The van der Waals surface area contributed by atoms with Gasteiger partial charge >= 0.3 is 0 Å². The number of ketones is 1. The van der Waals surface area contributed by atoms with Crippen LogP contribution in [-0.2, 0) is 4.79 Å². The van der Waals surface area contributed by atoms with Crippen molar-refractivity contribution >= 4 is 23.3 Å². The fourth-order valence-corrected chi connectivity index (χ4v) is 1.89. The third-order valence-electron chi connectivity index (χ3n) is 2.65. The number of rotatable bonds is 5. The number of nitriles is 1. The predicted octanol–water partition coefficient (Wildman–Crippen LogP) is 1.70. The zero-order chi connectivity index (χ0) is 16.1. The molecule has 0 unspecified atom stereocenters. The minimum atomic E-state index is -0.669. The first kappa shape index (κ1) is 15.5. The lowest BCUT2D eigenvalue weighted by atomic mass is 10.1. The van der Waals surface area contributed by atoms with Gasteiger partial charge in [-0.05, 0) is 30.3 Å². The van der Waals surface area contributed by atoms with Crippen molar-refractivity contribution in [2.75, 3.05) is 6.61 Å². The van der Waals surface area contributed by atoms with Crippen molar-refractivity contribution < 1.29 is 14.3 Å². The lowest BCUT2D eigenvalue weighted by molar-refractivity contribution is -0.119. The Hall–Kier alpha value is -2.91. The highest BCUT2D eigenvalue weighted by molar-refractivity contribution is 6.31. The van der Waals surface area contributed by atoms with E-state index in [1.165, 1.54) is 30.3 Å². The molecule has 0 aliphatic carbocycles. The molecule has 0 aliphatic rings. The SMILES string of the molecule is N#Cc1cccc(C(=O)c2cc(Cl)ccc2OCC(N)=O)n1. The van der Waals surface area contributed by atoms with E-state index in [1.807, 2.05) is 6.07 Å². The first-order valence-electron chi connectivity index (χ1n) is 6.14. The van der Waals surface area contributed by atoms with Crippen LogP contribution in [-0.4, -0.2) is 23.3 Å². The summed E-state index contributed by atoms with van der Waals surface area (Å²) in [6, 6.07) is 10.8. The number of halogens is 1. The highest BCUT2D eigenvalue weighted by Crippen LogP contribution is 2.25. The maximum absolute atomic E-state index is 12.5. The standard InChI is InChI=1S/C15H10ClN3O3/c16-9-4-5-13(22-8-14(18)20)11(6-9)15(21)12-3-1-2-10(7-17)19-12/h1-6H,8H2,(H2,18,20). The number of ether oxygens (including phenoxy) is 1. The fraction of sp³-hybridized carbons (Fsp3) is 0.0667. The molecule has 2 rings (SSSR count). The van der Waals surface area contributed by atoms with E-state index in [4.69, 9.17) is 27.3 Å². The number of pyridine rings is 1. The zero-order valence-electron chi connectivity index (χ0n) is 11.2. The van der Waals surface area contributed by atoms with Crippen LogP contribution in [0.1, 0.15) is 21.7 Å². The minimum Gasteiger partial charge on any atom is -0.483 e. The molecule has 6 nitrogen and oxygen atoms in total. The summed E-state index contributed by atoms with van der Waals surface area (Å²) in [6.07, 6.45) is 0. The molecular weight excluding hydrogens is 306 g/mol. The van der Waals surface area contributed by atoms with Gasteiger partial charge in [0.2, 0.25) is 5.78 Å². The lowest BCUT2D eigenvalue weighted by Gasteiger charge is -2.10. The predicted molar refractivity (Wildman–Crippen MR) is 78.5 cm³/mol. The van der Waals surface area contributed by atoms with Crippen LogP contribution in [0.2, 0.25) is 5.02 Å². The zero-order valence-corrected chi connectivity index (χ0v) is 12.0. The molecule has 1 amide bonds. The van der Waals surface area contributed by atoms with Gasteiger partial charge < -0.3 is 10.5 Å². The second-order valence-electron chi connectivity index (χ2n) is 4.24. The maximum Gasteiger partial charge on any atom is 0.255 e. The minimum absolute atomic E-state index is 0.0743. The molecule has 0 saturated heterocycles. The molecule has 0 bridgehead atoms. The van der Waals surface area contributed by atoms with Crippen LogP contribution in [0.4, 0.5) is 0 Å². The second-order valence-corrected chi connectivity index (χ2v) is 4.68. The molecule has 0 aliphatic heterocycles. The summed E-state index contributed by atoms with van der Waals surface area (Å²) in [5, 5.41) is 9.16. The van der Waals surface area contributed by atoms with Gasteiger partial charge in [0.25, 0.3) is 5.91 Å². The van der Waals surface area contributed by atoms with Gasteiger partial charge in [0.15, 0.2) is 6.61 Å². The van der Waals surface area contributed by atoms with Crippen LogP contribution >= 0.6 is 11.6 Å². The summed E-state index contributed by atoms with van der Waals surface area (Å²) in [5.41, 5.74) is 5.35. The molecule has 22 heavy (non-hydrogen) atoms. The molecule has 0 fully saturated rings. The molecule has 2 aromatic rings. The van der Waals surface area contributed by atoms with Crippen LogP contribution in [0.3, 0.4) is 0 Å². The Kier molecular flexibility index (Phi) is 4.71. The number of hydrogen-bond acceptors (Lipinski definition) is 5. The smallest absolute Gasteiger partial charge is 0.255 e.